The van der Waals surface area contributed by atoms with E-state index in [1.54, 1.807) is 6.07 Å². The minimum Gasteiger partial charge on any atom is -0.496 e. The molecule has 21 heavy (non-hydrogen) atoms. The van der Waals surface area contributed by atoms with Gasteiger partial charge in [0.15, 0.2) is 0 Å². The van der Waals surface area contributed by atoms with Crippen LogP contribution in [0.1, 0.15) is 5.56 Å². The molecule has 1 aliphatic heterocycles. The van der Waals surface area contributed by atoms with Gasteiger partial charge >= 0.3 is 0 Å². The average Bonchev–Trinajstić information content (AvgIpc) is 2.44. The molecular weight excluding hydrogens is 303 g/mol. The third-order valence-electron chi connectivity index (χ3n) is 3.05. The van der Waals surface area contributed by atoms with Crippen LogP contribution in [0.25, 0.3) is 5.70 Å². The number of alkyl halides is 2. The molecule has 112 valence electrons. The number of rotatable bonds is 4. The van der Waals surface area contributed by atoms with Crippen LogP contribution in [0.2, 0.25) is 0 Å². The van der Waals surface area contributed by atoms with Gasteiger partial charge in [0.05, 0.1) is 35.6 Å². The smallest absolute Gasteiger partial charge is 0.256 e. The fraction of sp³-hybridized carbons (Fsp3) is 0.200. The largest absolute Gasteiger partial charge is 0.496 e. The number of hydrogen-bond donors (Lipinski definition) is 0. The maximum Gasteiger partial charge on any atom is 0.256 e. The Labute approximate surface area is 125 Å². The van der Waals surface area contributed by atoms with E-state index in [1.807, 2.05) is 0 Å². The standard InChI is InChI=1S/C15H13ClF3NO/c1-9-10(16)6-7-12(20(9)8-14(18)19)15-11(17)4-3-5-13(15)21-2/h3-7,14H,1,8H2,2H3. The summed E-state index contributed by atoms with van der Waals surface area (Å²) in [5, 5.41) is 0.231. The highest BCUT2D eigenvalue weighted by Gasteiger charge is 2.27. The summed E-state index contributed by atoms with van der Waals surface area (Å²) in [5.41, 5.74) is 0.529. The predicted molar refractivity (Wildman–Crippen MR) is 76.7 cm³/mol. The fourth-order valence-electron chi connectivity index (χ4n) is 2.10. The number of methoxy groups -OCH3 is 1. The number of hydrogen-bond acceptors (Lipinski definition) is 2. The van der Waals surface area contributed by atoms with Crippen LogP contribution >= 0.6 is 11.6 Å². The molecule has 2 rings (SSSR count). The van der Waals surface area contributed by atoms with Gasteiger partial charge in [-0.3, -0.25) is 0 Å². The van der Waals surface area contributed by atoms with Crippen LogP contribution in [-0.4, -0.2) is 25.0 Å². The molecule has 0 N–H and O–H groups in total. The summed E-state index contributed by atoms with van der Waals surface area (Å²) in [6.07, 6.45) is 0.346. The molecular formula is C15H13ClF3NO. The van der Waals surface area contributed by atoms with Gasteiger partial charge in [0.2, 0.25) is 0 Å². The lowest BCUT2D eigenvalue weighted by Crippen LogP contribution is -2.29. The SMILES string of the molecule is C=C1C(Cl)=CC=C(c2c(F)cccc2OC)N1CC(F)F. The van der Waals surface area contributed by atoms with Crippen molar-refractivity contribution in [2.75, 3.05) is 13.7 Å². The van der Waals surface area contributed by atoms with Crippen LogP contribution in [0.3, 0.4) is 0 Å². The van der Waals surface area contributed by atoms with Crippen molar-refractivity contribution in [3.8, 4) is 5.75 Å². The van der Waals surface area contributed by atoms with Crippen molar-refractivity contribution in [2.45, 2.75) is 6.43 Å². The Morgan fingerprint density at radius 1 is 1.33 bits per heavy atom. The number of halogens is 4. The van der Waals surface area contributed by atoms with Crippen LogP contribution < -0.4 is 4.74 Å². The van der Waals surface area contributed by atoms with Gasteiger partial charge in [-0.15, -0.1) is 0 Å². The average molecular weight is 316 g/mol. The van der Waals surface area contributed by atoms with Crippen LogP contribution in [0, 0.1) is 5.82 Å². The quantitative estimate of drug-likeness (QED) is 0.817. The Bertz CT molecular complexity index is 625. The minimum atomic E-state index is -2.62. The summed E-state index contributed by atoms with van der Waals surface area (Å²) in [6.45, 7) is 3.05. The van der Waals surface area contributed by atoms with Crippen molar-refractivity contribution in [1.82, 2.24) is 4.90 Å². The number of nitrogens with zero attached hydrogens (tertiary/aromatic N) is 1. The molecule has 0 bridgehead atoms. The Hall–Kier alpha value is -1.88. The molecule has 0 saturated heterocycles. The van der Waals surface area contributed by atoms with Gasteiger partial charge in [-0.25, -0.2) is 13.2 Å². The zero-order chi connectivity index (χ0) is 15.6. The van der Waals surface area contributed by atoms with Gasteiger partial charge in [0.1, 0.15) is 11.6 Å². The highest BCUT2D eigenvalue weighted by molar-refractivity contribution is 6.32. The Morgan fingerprint density at radius 3 is 2.67 bits per heavy atom. The third kappa shape index (κ3) is 3.08. The van der Waals surface area contributed by atoms with Gasteiger partial charge in [-0.05, 0) is 24.3 Å². The van der Waals surface area contributed by atoms with Crippen molar-refractivity contribution < 1.29 is 17.9 Å². The molecule has 1 heterocycles. The van der Waals surface area contributed by atoms with Gasteiger partial charge in [0, 0.05) is 0 Å². The first-order valence-electron chi connectivity index (χ1n) is 6.11. The summed E-state index contributed by atoms with van der Waals surface area (Å²) >= 11 is 5.92. The Balaban J connectivity index is 2.56. The van der Waals surface area contributed by atoms with E-state index in [0.29, 0.717) is 0 Å². The molecule has 0 radical (unpaired) electrons. The first kappa shape index (κ1) is 15.5. The lowest BCUT2D eigenvalue weighted by molar-refractivity contribution is 0.123. The molecule has 0 atom stereocenters. The van der Waals surface area contributed by atoms with Crippen LogP contribution in [-0.2, 0) is 0 Å². The van der Waals surface area contributed by atoms with Gasteiger partial charge in [-0.2, -0.15) is 0 Å². The van der Waals surface area contributed by atoms with E-state index in [1.165, 1.54) is 36.3 Å². The molecule has 1 aromatic rings. The summed E-state index contributed by atoms with van der Waals surface area (Å²) in [6, 6.07) is 4.28. The van der Waals surface area contributed by atoms with Crippen molar-refractivity contribution >= 4 is 17.3 Å². The second-order valence-electron chi connectivity index (χ2n) is 4.33. The highest BCUT2D eigenvalue weighted by Crippen LogP contribution is 2.37. The van der Waals surface area contributed by atoms with E-state index < -0.39 is 18.8 Å². The van der Waals surface area contributed by atoms with E-state index >= 15 is 0 Å². The summed E-state index contributed by atoms with van der Waals surface area (Å²) < 4.78 is 44.8. The van der Waals surface area contributed by atoms with Crippen molar-refractivity contribution in [3.05, 3.63) is 59.0 Å². The van der Waals surface area contributed by atoms with E-state index in [0.717, 1.165) is 0 Å². The fourth-order valence-corrected chi connectivity index (χ4v) is 2.27. The first-order chi connectivity index (χ1) is 9.95. The topological polar surface area (TPSA) is 12.5 Å². The maximum absolute atomic E-state index is 14.1. The first-order valence-corrected chi connectivity index (χ1v) is 6.48. The number of ether oxygens (including phenoxy) is 1. The minimum absolute atomic E-state index is 0.0993. The summed E-state index contributed by atoms with van der Waals surface area (Å²) in [7, 11) is 1.39. The molecule has 0 spiro atoms. The Kier molecular flexibility index (Phi) is 4.63. The summed E-state index contributed by atoms with van der Waals surface area (Å²) in [5.74, 6) is -0.321. The molecule has 2 nitrogen and oxygen atoms in total. The molecule has 0 fully saturated rings. The van der Waals surface area contributed by atoms with E-state index in [2.05, 4.69) is 6.58 Å². The van der Waals surface area contributed by atoms with E-state index in [4.69, 9.17) is 16.3 Å². The molecule has 1 aliphatic rings. The van der Waals surface area contributed by atoms with Gasteiger partial charge < -0.3 is 9.64 Å². The zero-order valence-corrected chi connectivity index (χ0v) is 12.0. The molecule has 0 aliphatic carbocycles. The van der Waals surface area contributed by atoms with Gasteiger partial charge in [-0.1, -0.05) is 24.2 Å². The monoisotopic (exact) mass is 315 g/mol. The molecule has 0 unspecified atom stereocenters. The van der Waals surface area contributed by atoms with Crippen molar-refractivity contribution in [2.24, 2.45) is 0 Å². The molecule has 1 aromatic carbocycles. The van der Waals surface area contributed by atoms with Gasteiger partial charge in [0.25, 0.3) is 6.43 Å². The molecule has 0 saturated carbocycles. The van der Waals surface area contributed by atoms with E-state index in [-0.39, 0.29) is 27.7 Å². The lowest BCUT2D eigenvalue weighted by Gasteiger charge is -2.32. The predicted octanol–water partition coefficient (Wildman–Crippen LogP) is 4.39. The molecule has 0 amide bonds. The second-order valence-corrected chi connectivity index (χ2v) is 4.74. The summed E-state index contributed by atoms with van der Waals surface area (Å²) in [4.78, 5) is 1.19. The highest BCUT2D eigenvalue weighted by atomic mass is 35.5. The Morgan fingerprint density at radius 2 is 2.05 bits per heavy atom. The van der Waals surface area contributed by atoms with Crippen LogP contribution in [0.4, 0.5) is 13.2 Å². The third-order valence-corrected chi connectivity index (χ3v) is 3.40. The maximum atomic E-state index is 14.1. The second kappa shape index (κ2) is 6.26. The van der Waals surface area contributed by atoms with Crippen molar-refractivity contribution in [1.29, 1.82) is 0 Å². The van der Waals surface area contributed by atoms with Crippen LogP contribution in [0.15, 0.2) is 47.7 Å². The van der Waals surface area contributed by atoms with Crippen molar-refractivity contribution in [3.63, 3.8) is 0 Å². The zero-order valence-electron chi connectivity index (χ0n) is 11.2. The molecule has 0 aromatic heterocycles. The van der Waals surface area contributed by atoms with E-state index in [9.17, 15) is 13.2 Å². The van der Waals surface area contributed by atoms with Crippen LogP contribution in [0.5, 0.6) is 5.75 Å². The lowest BCUT2D eigenvalue weighted by atomic mass is 10.0. The number of benzene rings is 1. The normalized spacial score (nSPS) is 15.1. The molecule has 6 heteroatoms. The number of allylic oxidation sites excluding steroid dienone is 3.